The first-order valence-electron chi connectivity index (χ1n) is 6.52. The number of rotatable bonds is 1. The van der Waals surface area contributed by atoms with E-state index in [9.17, 15) is 5.11 Å². The third-order valence-corrected chi connectivity index (χ3v) is 3.48. The molecule has 0 heterocycles. The highest BCUT2D eigenvalue weighted by molar-refractivity contribution is 5.72. The van der Waals surface area contributed by atoms with Crippen molar-refractivity contribution in [2.45, 2.75) is 51.9 Å². The third kappa shape index (κ3) is 2.54. The Morgan fingerprint density at radius 1 is 1.12 bits per heavy atom. The van der Waals surface area contributed by atoms with Gasteiger partial charge in [-0.05, 0) is 42.2 Å². The van der Waals surface area contributed by atoms with Gasteiger partial charge in [0.25, 0.3) is 0 Å². The van der Waals surface area contributed by atoms with Crippen molar-refractivity contribution >= 4 is 5.57 Å². The Morgan fingerprint density at radius 2 is 1.88 bits per heavy atom. The lowest BCUT2D eigenvalue weighted by atomic mass is 9.83. The summed E-state index contributed by atoms with van der Waals surface area (Å²) in [4.78, 5) is 0. The first kappa shape index (κ1) is 12.2. The summed E-state index contributed by atoms with van der Waals surface area (Å²) in [6.45, 7) is 6.42. The van der Waals surface area contributed by atoms with E-state index in [1.165, 1.54) is 18.4 Å². The fourth-order valence-corrected chi connectivity index (χ4v) is 2.49. The van der Waals surface area contributed by atoms with E-state index in [0.717, 1.165) is 24.0 Å². The van der Waals surface area contributed by atoms with Crippen LogP contribution in [0.4, 0.5) is 0 Å². The van der Waals surface area contributed by atoms with Crippen LogP contribution in [0.2, 0.25) is 0 Å². The van der Waals surface area contributed by atoms with Gasteiger partial charge in [-0.2, -0.15) is 0 Å². The Balaban J connectivity index is 2.46. The first-order valence-corrected chi connectivity index (χ1v) is 6.52. The van der Waals surface area contributed by atoms with Crippen LogP contribution in [0.25, 0.3) is 5.57 Å². The molecule has 1 aliphatic rings. The second kappa shape index (κ2) is 4.56. The number of para-hydroxylation sites is 1. The van der Waals surface area contributed by atoms with Crippen LogP contribution >= 0.6 is 0 Å². The van der Waals surface area contributed by atoms with Gasteiger partial charge in [0.05, 0.1) is 0 Å². The quantitative estimate of drug-likeness (QED) is 0.744. The van der Waals surface area contributed by atoms with E-state index < -0.39 is 0 Å². The van der Waals surface area contributed by atoms with Crippen molar-refractivity contribution in [3.8, 4) is 5.75 Å². The van der Waals surface area contributed by atoms with Crippen LogP contribution in [-0.4, -0.2) is 5.11 Å². The highest BCUT2D eigenvalue weighted by Gasteiger charge is 2.21. The van der Waals surface area contributed by atoms with Crippen molar-refractivity contribution in [1.29, 1.82) is 0 Å². The summed E-state index contributed by atoms with van der Waals surface area (Å²) in [5.41, 5.74) is 3.40. The lowest BCUT2D eigenvalue weighted by molar-refractivity contribution is 0.444. The lowest BCUT2D eigenvalue weighted by Crippen LogP contribution is -2.12. The van der Waals surface area contributed by atoms with Crippen molar-refractivity contribution in [1.82, 2.24) is 0 Å². The van der Waals surface area contributed by atoms with Gasteiger partial charge in [-0.15, -0.1) is 0 Å². The second-order valence-electron chi connectivity index (χ2n) is 5.93. The Labute approximate surface area is 104 Å². The topological polar surface area (TPSA) is 20.2 Å². The largest absolute Gasteiger partial charge is 0.507 e. The lowest BCUT2D eigenvalue weighted by Gasteiger charge is -2.23. The van der Waals surface area contributed by atoms with Gasteiger partial charge < -0.3 is 5.11 Å². The van der Waals surface area contributed by atoms with Gasteiger partial charge in [-0.1, -0.05) is 45.0 Å². The number of hydrogen-bond acceptors (Lipinski definition) is 1. The predicted octanol–water partition coefficient (Wildman–Crippen LogP) is 4.65. The highest BCUT2D eigenvalue weighted by atomic mass is 16.3. The molecule has 0 bridgehead atoms. The average molecular weight is 230 g/mol. The highest BCUT2D eigenvalue weighted by Crippen LogP contribution is 2.38. The molecular weight excluding hydrogens is 208 g/mol. The summed E-state index contributed by atoms with van der Waals surface area (Å²) in [5.74, 6) is 0.480. The summed E-state index contributed by atoms with van der Waals surface area (Å²) in [6, 6.07) is 6.13. The molecule has 0 unspecified atom stereocenters. The zero-order valence-corrected chi connectivity index (χ0v) is 11.1. The molecule has 1 nitrogen and oxygen atoms in total. The van der Waals surface area contributed by atoms with Crippen molar-refractivity contribution in [2.75, 3.05) is 0 Å². The molecular formula is C16H22O. The summed E-state index contributed by atoms with van der Waals surface area (Å²) >= 11 is 0. The van der Waals surface area contributed by atoms with Crippen LogP contribution in [0.5, 0.6) is 5.75 Å². The fourth-order valence-electron chi connectivity index (χ4n) is 2.49. The molecule has 0 fully saturated rings. The zero-order chi connectivity index (χ0) is 12.5. The Kier molecular flexibility index (Phi) is 3.28. The van der Waals surface area contributed by atoms with Crippen LogP contribution < -0.4 is 0 Å². The number of phenols is 1. The van der Waals surface area contributed by atoms with Gasteiger partial charge in [0.15, 0.2) is 0 Å². The van der Waals surface area contributed by atoms with Gasteiger partial charge in [-0.3, -0.25) is 0 Å². The second-order valence-corrected chi connectivity index (χ2v) is 5.93. The number of hydrogen-bond donors (Lipinski definition) is 1. The molecule has 0 saturated heterocycles. The molecule has 0 saturated carbocycles. The van der Waals surface area contributed by atoms with E-state index in [4.69, 9.17) is 0 Å². The third-order valence-electron chi connectivity index (χ3n) is 3.48. The molecule has 2 rings (SSSR count). The smallest absolute Gasteiger partial charge is 0.126 e. The van der Waals surface area contributed by atoms with E-state index in [1.807, 2.05) is 12.1 Å². The number of benzene rings is 1. The minimum atomic E-state index is -0.00464. The molecule has 0 radical (unpaired) electrons. The molecule has 0 aromatic heterocycles. The van der Waals surface area contributed by atoms with Crippen molar-refractivity contribution < 1.29 is 5.11 Å². The molecule has 0 aliphatic heterocycles. The Bertz CT molecular complexity index is 435. The van der Waals surface area contributed by atoms with E-state index in [2.05, 4.69) is 32.9 Å². The normalized spacial score (nSPS) is 16.8. The van der Waals surface area contributed by atoms with Crippen molar-refractivity contribution in [2.24, 2.45) is 0 Å². The van der Waals surface area contributed by atoms with Crippen molar-refractivity contribution in [3.05, 3.63) is 35.4 Å². The van der Waals surface area contributed by atoms with Crippen LogP contribution in [0.1, 0.15) is 57.6 Å². The maximum Gasteiger partial charge on any atom is 0.126 e. The Hall–Kier alpha value is -1.24. The standard InChI is InChI=1S/C16H22O/c1-16(2,3)14-11-7-10-13(15(14)17)12-8-5-4-6-9-12/h7-8,10-11,17H,4-6,9H2,1-3H3. The SMILES string of the molecule is CC(C)(C)c1cccc(C2=CCCCC2)c1O. The zero-order valence-electron chi connectivity index (χ0n) is 11.1. The minimum absolute atomic E-state index is 0.00464. The van der Waals surface area contributed by atoms with Gasteiger partial charge in [0.1, 0.15) is 5.75 Å². The molecule has 1 N–H and O–H groups in total. The van der Waals surface area contributed by atoms with E-state index in [0.29, 0.717) is 5.75 Å². The fraction of sp³-hybridized carbons (Fsp3) is 0.500. The maximum absolute atomic E-state index is 10.4. The van der Waals surface area contributed by atoms with Gasteiger partial charge in [-0.25, -0.2) is 0 Å². The molecule has 0 amide bonds. The average Bonchev–Trinajstić information content (AvgIpc) is 2.29. The van der Waals surface area contributed by atoms with E-state index in [-0.39, 0.29) is 5.41 Å². The minimum Gasteiger partial charge on any atom is -0.507 e. The van der Waals surface area contributed by atoms with Crippen LogP contribution in [0, 0.1) is 0 Å². The van der Waals surface area contributed by atoms with E-state index in [1.54, 1.807) is 0 Å². The van der Waals surface area contributed by atoms with Crippen LogP contribution in [0.15, 0.2) is 24.3 Å². The molecule has 0 spiro atoms. The summed E-state index contributed by atoms with van der Waals surface area (Å²) < 4.78 is 0. The molecule has 17 heavy (non-hydrogen) atoms. The van der Waals surface area contributed by atoms with Gasteiger partial charge in [0.2, 0.25) is 0 Å². The summed E-state index contributed by atoms with van der Waals surface area (Å²) in [5, 5.41) is 10.4. The molecule has 92 valence electrons. The van der Waals surface area contributed by atoms with Gasteiger partial charge >= 0.3 is 0 Å². The summed E-state index contributed by atoms with van der Waals surface area (Å²) in [6.07, 6.45) is 7.05. The molecule has 1 aromatic rings. The Morgan fingerprint density at radius 3 is 2.47 bits per heavy atom. The molecule has 1 heteroatoms. The van der Waals surface area contributed by atoms with Crippen molar-refractivity contribution in [3.63, 3.8) is 0 Å². The predicted molar refractivity (Wildman–Crippen MR) is 73.3 cm³/mol. The number of allylic oxidation sites excluding steroid dienone is 2. The summed E-state index contributed by atoms with van der Waals surface area (Å²) in [7, 11) is 0. The molecule has 1 aromatic carbocycles. The maximum atomic E-state index is 10.4. The number of phenolic OH excluding ortho intramolecular Hbond substituents is 1. The van der Waals surface area contributed by atoms with Crippen LogP contribution in [-0.2, 0) is 5.41 Å². The monoisotopic (exact) mass is 230 g/mol. The van der Waals surface area contributed by atoms with E-state index >= 15 is 0 Å². The van der Waals surface area contributed by atoms with Gasteiger partial charge in [0, 0.05) is 5.56 Å². The van der Waals surface area contributed by atoms with Crippen LogP contribution in [0.3, 0.4) is 0 Å². The molecule has 1 aliphatic carbocycles. The first-order chi connectivity index (χ1) is 8.00. The number of aromatic hydroxyl groups is 1. The molecule has 0 atom stereocenters.